The quantitative estimate of drug-likeness (QED) is 0.812. The highest BCUT2D eigenvalue weighted by Crippen LogP contribution is 2.25. The number of hydrogen-bond donors (Lipinski definition) is 2. The van der Waals surface area contributed by atoms with E-state index in [4.69, 9.17) is 21.7 Å². The van der Waals surface area contributed by atoms with Gasteiger partial charge in [0.15, 0.2) is 5.11 Å². The maximum atomic E-state index is 5.42. The second kappa shape index (κ2) is 8.19. The normalized spacial score (nSPS) is 16.1. The maximum absolute atomic E-state index is 5.42. The zero-order valence-electron chi connectivity index (χ0n) is 13.5. The summed E-state index contributed by atoms with van der Waals surface area (Å²) in [5.41, 5.74) is 0.861. The van der Waals surface area contributed by atoms with Crippen LogP contribution in [-0.2, 0) is 0 Å². The molecule has 2 N–H and O–H groups in total. The number of likely N-dealkylation sites (tertiary alicyclic amines) is 1. The minimum Gasteiger partial charge on any atom is -0.497 e. The first-order valence-corrected chi connectivity index (χ1v) is 8.08. The predicted octanol–water partition coefficient (Wildman–Crippen LogP) is 2.47. The van der Waals surface area contributed by atoms with E-state index in [0.717, 1.165) is 49.7 Å². The highest BCUT2D eigenvalue weighted by Gasteiger charge is 2.18. The van der Waals surface area contributed by atoms with Gasteiger partial charge >= 0.3 is 0 Å². The van der Waals surface area contributed by atoms with Crippen LogP contribution in [0.25, 0.3) is 0 Å². The van der Waals surface area contributed by atoms with Crippen LogP contribution in [0, 0.1) is 0 Å². The van der Waals surface area contributed by atoms with Crippen molar-refractivity contribution >= 4 is 23.0 Å². The van der Waals surface area contributed by atoms with E-state index in [2.05, 4.69) is 22.5 Å². The Kier molecular flexibility index (Phi) is 6.27. The molecular formula is C16H25N3O2S. The van der Waals surface area contributed by atoms with Crippen molar-refractivity contribution in [1.29, 1.82) is 0 Å². The Morgan fingerprint density at radius 1 is 1.18 bits per heavy atom. The standard InChI is InChI=1S/C16H25N3O2S/c1-4-19-7-5-12(6-8-19)17-16(22)18-13-9-14(20-2)11-15(10-13)21-3/h9-12H,4-8H2,1-3H3,(H2,17,18,22). The van der Waals surface area contributed by atoms with Gasteiger partial charge in [0.1, 0.15) is 11.5 Å². The molecule has 0 aromatic heterocycles. The van der Waals surface area contributed by atoms with Crippen molar-refractivity contribution in [3.05, 3.63) is 18.2 Å². The smallest absolute Gasteiger partial charge is 0.171 e. The summed E-state index contributed by atoms with van der Waals surface area (Å²) in [4.78, 5) is 2.46. The molecule has 5 nitrogen and oxygen atoms in total. The molecule has 0 radical (unpaired) electrons. The molecule has 0 spiro atoms. The van der Waals surface area contributed by atoms with Crippen LogP contribution in [0.4, 0.5) is 5.69 Å². The monoisotopic (exact) mass is 323 g/mol. The van der Waals surface area contributed by atoms with Crippen molar-refractivity contribution in [2.24, 2.45) is 0 Å². The second-order valence-electron chi connectivity index (χ2n) is 5.41. The molecule has 0 saturated carbocycles. The van der Waals surface area contributed by atoms with Gasteiger partial charge < -0.3 is 25.0 Å². The Hall–Kier alpha value is -1.53. The molecule has 122 valence electrons. The Bertz CT molecular complexity index is 480. The predicted molar refractivity (Wildman–Crippen MR) is 94.0 cm³/mol. The number of benzene rings is 1. The van der Waals surface area contributed by atoms with Gasteiger partial charge in [-0.25, -0.2) is 0 Å². The molecule has 22 heavy (non-hydrogen) atoms. The summed E-state index contributed by atoms with van der Waals surface area (Å²) in [6.45, 7) is 5.59. The summed E-state index contributed by atoms with van der Waals surface area (Å²) >= 11 is 5.42. The van der Waals surface area contributed by atoms with Crippen molar-refractivity contribution in [2.75, 3.05) is 39.2 Å². The Morgan fingerprint density at radius 3 is 2.27 bits per heavy atom. The first-order valence-electron chi connectivity index (χ1n) is 7.67. The summed E-state index contributed by atoms with van der Waals surface area (Å²) < 4.78 is 10.5. The van der Waals surface area contributed by atoms with Crippen LogP contribution in [0.5, 0.6) is 11.5 Å². The number of methoxy groups -OCH3 is 2. The van der Waals surface area contributed by atoms with E-state index in [-0.39, 0.29) is 0 Å². The van der Waals surface area contributed by atoms with Crippen LogP contribution in [0.15, 0.2) is 18.2 Å². The Labute approximate surface area is 138 Å². The minimum atomic E-state index is 0.440. The molecule has 0 atom stereocenters. The van der Waals surface area contributed by atoms with E-state index in [1.54, 1.807) is 14.2 Å². The first-order chi connectivity index (χ1) is 10.6. The molecule has 0 unspecified atom stereocenters. The lowest BCUT2D eigenvalue weighted by Crippen LogP contribution is -2.45. The van der Waals surface area contributed by atoms with E-state index >= 15 is 0 Å². The molecule has 0 aliphatic carbocycles. The third-order valence-electron chi connectivity index (χ3n) is 3.98. The molecule has 1 aliphatic heterocycles. The van der Waals surface area contributed by atoms with Crippen LogP contribution in [0.1, 0.15) is 19.8 Å². The number of piperidine rings is 1. The number of ether oxygens (including phenoxy) is 2. The Morgan fingerprint density at radius 2 is 1.77 bits per heavy atom. The zero-order chi connectivity index (χ0) is 15.9. The van der Waals surface area contributed by atoms with Crippen LogP contribution in [0.2, 0.25) is 0 Å². The van der Waals surface area contributed by atoms with Gasteiger partial charge in [0.05, 0.1) is 14.2 Å². The van der Waals surface area contributed by atoms with Gasteiger partial charge in [0.2, 0.25) is 0 Å². The number of nitrogens with one attached hydrogen (secondary N) is 2. The average molecular weight is 323 g/mol. The van der Waals surface area contributed by atoms with Crippen molar-refractivity contribution in [2.45, 2.75) is 25.8 Å². The highest BCUT2D eigenvalue weighted by molar-refractivity contribution is 7.80. The van der Waals surface area contributed by atoms with Crippen molar-refractivity contribution < 1.29 is 9.47 Å². The molecule has 1 aliphatic rings. The van der Waals surface area contributed by atoms with Crippen LogP contribution in [-0.4, -0.2) is 49.9 Å². The number of hydrogen-bond acceptors (Lipinski definition) is 4. The molecule has 1 heterocycles. The fourth-order valence-corrected chi connectivity index (χ4v) is 2.91. The molecule has 0 amide bonds. The summed E-state index contributed by atoms with van der Waals surface area (Å²) in [6, 6.07) is 6.07. The number of rotatable bonds is 5. The fourth-order valence-electron chi connectivity index (χ4n) is 2.63. The first kappa shape index (κ1) is 16.8. The highest BCUT2D eigenvalue weighted by atomic mass is 32.1. The summed E-state index contributed by atoms with van der Waals surface area (Å²) in [5, 5.41) is 7.25. The summed E-state index contributed by atoms with van der Waals surface area (Å²) in [5.74, 6) is 1.47. The SMILES string of the molecule is CCN1CCC(NC(=S)Nc2cc(OC)cc(OC)c2)CC1. The minimum absolute atomic E-state index is 0.440. The van der Waals surface area contributed by atoms with Gasteiger partial charge in [-0.2, -0.15) is 0 Å². The van der Waals surface area contributed by atoms with E-state index in [0.29, 0.717) is 11.2 Å². The van der Waals surface area contributed by atoms with Gasteiger partial charge in [-0.15, -0.1) is 0 Å². The van der Waals surface area contributed by atoms with Crippen LogP contribution in [0.3, 0.4) is 0 Å². The summed E-state index contributed by atoms with van der Waals surface area (Å²) in [7, 11) is 3.27. The molecule has 0 bridgehead atoms. The molecule has 6 heteroatoms. The average Bonchev–Trinajstić information content (AvgIpc) is 2.55. The van der Waals surface area contributed by atoms with Crippen LogP contribution < -0.4 is 20.1 Å². The summed E-state index contributed by atoms with van der Waals surface area (Å²) in [6.07, 6.45) is 2.24. The van der Waals surface area contributed by atoms with E-state index in [1.165, 1.54) is 0 Å². The van der Waals surface area contributed by atoms with Gasteiger partial charge in [0, 0.05) is 43.0 Å². The van der Waals surface area contributed by atoms with Gasteiger partial charge in [-0.3, -0.25) is 0 Å². The zero-order valence-corrected chi connectivity index (χ0v) is 14.3. The Balaban J connectivity index is 1.89. The van der Waals surface area contributed by atoms with Crippen molar-refractivity contribution in [3.63, 3.8) is 0 Å². The van der Waals surface area contributed by atoms with Gasteiger partial charge in [-0.1, -0.05) is 6.92 Å². The van der Waals surface area contributed by atoms with E-state index < -0.39 is 0 Å². The van der Waals surface area contributed by atoms with Gasteiger partial charge in [0.25, 0.3) is 0 Å². The number of thiocarbonyl (C=S) groups is 1. The molecular weight excluding hydrogens is 298 g/mol. The second-order valence-corrected chi connectivity index (χ2v) is 5.82. The molecule has 1 aromatic rings. The van der Waals surface area contributed by atoms with Crippen molar-refractivity contribution in [3.8, 4) is 11.5 Å². The lowest BCUT2D eigenvalue weighted by atomic mass is 10.1. The lowest BCUT2D eigenvalue weighted by molar-refractivity contribution is 0.216. The largest absolute Gasteiger partial charge is 0.497 e. The lowest BCUT2D eigenvalue weighted by Gasteiger charge is -2.32. The van der Waals surface area contributed by atoms with Crippen LogP contribution >= 0.6 is 12.2 Å². The molecule has 1 aromatic carbocycles. The molecule has 1 fully saturated rings. The van der Waals surface area contributed by atoms with E-state index in [9.17, 15) is 0 Å². The molecule has 1 saturated heterocycles. The molecule has 2 rings (SSSR count). The fraction of sp³-hybridized carbons (Fsp3) is 0.562. The maximum Gasteiger partial charge on any atom is 0.171 e. The van der Waals surface area contributed by atoms with E-state index in [1.807, 2.05) is 18.2 Å². The third kappa shape index (κ3) is 4.74. The van der Waals surface area contributed by atoms with Gasteiger partial charge in [-0.05, 0) is 31.6 Å². The topological polar surface area (TPSA) is 45.8 Å². The number of anilines is 1. The number of nitrogens with zero attached hydrogens (tertiary/aromatic N) is 1. The third-order valence-corrected chi connectivity index (χ3v) is 4.20. The van der Waals surface area contributed by atoms with Crippen molar-refractivity contribution in [1.82, 2.24) is 10.2 Å².